The Morgan fingerprint density at radius 1 is 1.07 bits per heavy atom. The van der Waals surface area contributed by atoms with E-state index in [4.69, 9.17) is 9.84 Å². The second-order valence-corrected chi connectivity index (χ2v) is 7.22. The van der Waals surface area contributed by atoms with Crippen LogP contribution in [0.4, 0.5) is 5.69 Å². The third kappa shape index (κ3) is 7.44. The van der Waals surface area contributed by atoms with Crippen LogP contribution in [0.15, 0.2) is 24.3 Å². The quantitative estimate of drug-likeness (QED) is 0.626. The lowest BCUT2D eigenvalue weighted by molar-refractivity contribution is -0.384. The zero-order valence-corrected chi connectivity index (χ0v) is 16.5. The molecule has 1 aromatic carbocycles. The van der Waals surface area contributed by atoms with Gasteiger partial charge < -0.3 is 14.7 Å². The Bertz CT molecular complexity index is 567. The molecule has 0 amide bonds. The average Bonchev–Trinajstić information content (AvgIpc) is 2.69. The maximum Gasteiger partial charge on any atom is 0.269 e. The number of nitro benzene ring substituents is 1. The number of ether oxygens (including phenoxy) is 1. The molecule has 2 aliphatic heterocycles. The van der Waals surface area contributed by atoms with Crippen LogP contribution < -0.4 is 4.74 Å². The van der Waals surface area contributed by atoms with Crippen molar-refractivity contribution in [1.82, 2.24) is 9.80 Å². The van der Waals surface area contributed by atoms with Gasteiger partial charge in [0.05, 0.1) is 11.0 Å². The summed E-state index contributed by atoms with van der Waals surface area (Å²) in [6.07, 6.45) is 4.49. The van der Waals surface area contributed by atoms with Crippen LogP contribution in [0.3, 0.4) is 0 Å². The summed E-state index contributed by atoms with van der Waals surface area (Å²) >= 11 is 0. The molecule has 7 nitrogen and oxygen atoms in total. The molecular weight excluding hydrogens is 346 g/mol. The number of non-ortho nitro benzene ring substituents is 1. The van der Waals surface area contributed by atoms with Gasteiger partial charge in [0, 0.05) is 25.2 Å². The molecule has 2 unspecified atom stereocenters. The molecule has 0 spiro atoms. The summed E-state index contributed by atoms with van der Waals surface area (Å²) in [6, 6.07) is 6.30. The van der Waals surface area contributed by atoms with Gasteiger partial charge in [0.2, 0.25) is 0 Å². The Morgan fingerprint density at radius 2 is 1.67 bits per heavy atom. The van der Waals surface area contributed by atoms with Crippen LogP contribution in [0.25, 0.3) is 0 Å². The minimum absolute atomic E-state index is 0.0568. The summed E-state index contributed by atoms with van der Waals surface area (Å²) in [7, 11) is 0. The maximum absolute atomic E-state index is 10.5. The first kappa shape index (κ1) is 21.6. The van der Waals surface area contributed by atoms with Crippen LogP contribution in [0, 0.1) is 10.1 Å². The summed E-state index contributed by atoms with van der Waals surface area (Å²) < 4.78 is 5.86. The van der Waals surface area contributed by atoms with Crippen molar-refractivity contribution in [2.75, 3.05) is 39.3 Å². The highest BCUT2D eigenvalue weighted by atomic mass is 16.6. The Balaban J connectivity index is 0.000000244. The van der Waals surface area contributed by atoms with Crippen molar-refractivity contribution in [2.24, 2.45) is 0 Å². The van der Waals surface area contributed by atoms with Crippen LogP contribution in [0.5, 0.6) is 5.75 Å². The minimum Gasteiger partial charge on any atom is -0.489 e. The van der Waals surface area contributed by atoms with Crippen molar-refractivity contribution in [3.63, 3.8) is 0 Å². The van der Waals surface area contributed by atoms with Crippen LogP contribution in [0.2, 0.25) is 0 Å². The molecular formula is C20H33N3O4. The molecule has 2 saturated heterocycles. The number of benzene rings is 1. The molecule has 1 aromatic rings. The van der Waals surface area contributed by atoms with Gasteiger partial charge in [-0.25, -0.2) is 0 Å². The maximum atomic E-state index is 10.5. The fraction of sp³-hybridized carbons (Fsp3) is 0.700. The summed E-state index contributed by atoms with van der Waals surface area (Å²) in [6.45, 7) is 10.5. The number of nitrogens with zero attached hydrogens (tertiary/aromatic N) is 3. The molecule has 0 aromatic heterocycles. The molecule has 2 heterocycles. The monoisotopic (exact) mass is 379 g/mol. The lowest BCUT2D eigenvalue weighted by Crippen LogP contribution is -2.40. The van der Waals surface area contributed by atoms with Crippen molar-refractivity contribution >= 4 is 5.69 Å². The van der Waals surface area contributed by atoms with Gasteiger partial charge in [-0.1, -0.05) is 13.8 Å². The molecule has 0 aliphatic carbocycles. The first-order chi connectivity index (χ1) is 13.0. The summed E-state index contributed by atoms with van der Waals surface area (Å²) in [5.41, 5.74) is 0.0983. The Morgan fingerprint density at radius 3 is 2.19 bits per heavy atom. The van der Waals surface area contributed by atoms with Gasteiger partial charge in [0.1, 0.15) is 11.9 Å². The van der Waals surface area contributed by atoms with Gasteiger partial charge in [0.25, 0.3) is 5.69 Å². The molecule has 2 fully saturated rings. The average molecular weight is 380 g/mol. The van der Waals surface area contributed by atoms with E-state index < -0.39 is 4.92 Å². The highest BCUT2D eigenvalue weighted by Gasteiger charge is 2.20. The molecule has 2 aliphatic rings. The van der Waals surface area contributed by atoms with Gasteiger partial charge in [-0.2, -0.15) is 0 Å². The predicted molar refractivity (Wildman–Crippen MR) is 106 cm³/mol. The molecule has 1 N–H and O–H groups in total. The number of nitro groups is 1. The van der Waals surface area contributed by atoms with E-state index in [-0.39, 0.29) is 17.9 Å². The summed E-state index contributed by atoms with van der Waals surface area (Å²) in [5.74, 6) is 0.712. The highest BCUT2D eigenvalue weighted by Crippen LogP contribution is 2.21. The number of aliphatic hydroxyl groups is 1. The topological polar surface area (TPSA) is 79.1 Å². The molecule has 0 radical (unpaired) electrons. The number of aliphatic hydroxyl groups excluding tert-OH is 1. The second-order valence-electron chi connectivity index (χ2n) is 7.22. The SMILES string of the molecule is CCN1CCCC(O)C1.CCN1CCCC(Oc2ccc([N+](=O)[O-])cc2)C1. The lowest BCUT2D eigenvalue weighted by Gasteiger charge is -2.31. The number of rotatable bonds is 5. The van der Waals surface area contributed by atoms with E-state index in [1.54, 1.807) is 12.1 Å². The Labute approximate surface area is 162 Å². The van der Waals surface area contributed by atoms with Crippen molar-refractivity contribution in [1.29, 1.82) is 0 Å². The lowest BCUT2D eigenvalue weighted by atomic mass is 10.1. The van der Waals surface area contributed by atoms with E-state index in [9.17, 15) is 10.1 Å². The molecule has 152 valence electrons. The normalized spacial score (nSPS) is 24.0. The molecule has 2 atom stereocenters. The van der Waals surface area contributed by atoms with E-state index in [2.05, 4.69) is 23.6 Å². The molecule has 0 saturated carbocycles. The van der Waals surface area contributed by atoms with Crippen molar-refractivity contribution in [3.05, 3.63) is 34.4 Å². The Kier molecular flexibility index (Phi) is 8.97. The highest BCUT2D eigenvalue weighted by molar-refractivity contribution is 5.36. The molecule has 7 heteroatoms. The predicted octanol–water partition coefficient (Wildman–Crippen LogP) is 2.92. The van der Waals surface area contributed by atoms with Gasteiger partial charge in [-0.3, -0.25) is 15.0 Å². The number of β-amino-alcohol motifs (C(OH)–C–C–N with tert-alkyl or cyclic N) is 1. The Hall–Kier alpha value is -1.70. The molecule has 27 heavy (non-hydrogen) atoms. The van der Waals surface area contributed by atoms with Crippen LogP contribution >= 0.6 is 0 Å². The number of piperidine rings is 2. The fourth-order valence-electron chi connectivity index (χ4n) is 3.55. The van der Waals surface area contributed by atoms with Crippen molar-refractivity contribution in [2.45, 2.75) is 51.7 Å². The third-order valence-corrected chi connectivity index (χ3v) is 5.19. The van der Waals surface area contributed by atoms with Crippen LogP contribution in [-0.2, 0) is 0 Å². The van der Waals surface area contributed by atoms with E-state index >= 15 is 0 Å². The first-order valence-corrected chi connectivity index (χ1v) is 10.1. The zero-order valence-electron chi connectivity index (χ0n) is 16.5. The standard InChI is InChI=1S/C13H18N2O3.C7H15NO/c1-2-14-9-3-4-13(10-14)18-12-7-5-11(6-8-12)15(16)17;1-2-8-5-3-4-7(9)6-8/h5-8,13H,2-4,9-10H2,1H3;7,9H,2-6H2,1H3. The van der Waals surface area contributed by atoms with Gasteiger partial charge >= 0.3 is 0 Å². The number of hydrogen-bond donors (Lipinski definition) is 1. The van der Waals surface area contributed by atoms with Crippen molar-refractivity contribution < 1.29 is 14.8 Å². The summed E-state index contributed by atoms with van der Waals surface area (Å²) in [4.78, 5) is 14.8. The third-order valence-electron chi connectivity index (χ3n) is 5.19. The fourth-order valence-corrected chi connectivity index (χ4v) is 3.55. The summed E-state index contributed by atoms with van der Waals surface area (Å²) in [5, 5.41) is 19.7. The van der Waals surface area contributed by atoms with E-state index in [1.165, 1.54) is 18.7 Å². The van der Waals surface area contributed by atoms with Crippen molar-refractivity contribution in [3.8, 4) is 5.75 Å². The number of hydrogen-bond acceptors (Lipinski definition) is 6. The number of likely N-dealkylation sites (tertiary alicyclic amines) is 2. The zero-order chi connectivity index (χ0) is 19.6. The smallest absolute Gasteiger partial charge is 0.269 e. The van der Waals surface area contributed by atoms with Crippen LogP contribution in [-0.4, -0.2) is 71.3 Å². The van der Waals surface area contributed by atoms with E-state index in [0.29, 0.717) is 5.75 Å². The van der Waals surface area contributed by atoms with Crippen LogP contribution in [0.1, 0.15) is 39.5 Å². The van der Waals surface area contributed by atoms with E-state index in [0.717, 1.165) is 58.4 Å². The van der Waals surface area contributed by atoms with Gasteiger partial charge in [-0.15, -0.1) is 0 Å². The molecule has 3 rings (SSSR count). The van der Waals surface area contributed by atoms with Gasteiger partial charge in [-0.05, 0) is 64.0 Å². The van der Waals surface area contributed by atoms with E-state index in [1.807, 2.05) is 0 Å². The largest absolute Gasteiger partial charge is 0.489 e. The molecule has 0 bridgehead atoms. The first-order valence-electron chi connectivity index (χ1n) is 10.1. The number of likely N-dealkylation sites (N-methyl/N-ethyl adjacent to an activating group) is 2. The van der Waals surface area contributed by atoms with Gasteiger partial charge in [0.15, 0.2) is 0 Å². The second kappa shape index (κ2) is 11.2. The minimum atomic E-state index is -0.400.